The monoisotopic (exact) mass is 339 g/mol. The van der Waals surface area contributed by atoms with Crippen molar-refractivity contribution in [1.29, 1.82) is 0 Å². The molecule has 7 heteroatoms. The number of halogens is 1. The van der Waals surface area contributed by atoms with Gasteiger partial charge in [-0.1, -0.05) is 11.6 Å². The molecule has 116 valence electrons. The maximum Gasteiger partial charge on any atom is 0.339 e. The number of rotatable bonds is 5. The van der Waals surface area contributed by atoms with Crippen LogP contribution >= 0.6 is 22.9 Å². The van der Waals surface area contributed by atoms with E-state index in [1.807, 2.05) is 0 Å². The van der Waals surface area contributed by atoms with Gasteiger partial charge in [-0.25, -0.2) is 4.79 Å². The molecule has 0 spiro atoms. The van der Waals surface area contributed by atoms with Gasteiger partial charge in [-0.3, -0.25) is 4.79 Å². The van der Waals surface area contributed by atoms with Gasteiger partial charge in [0.1, 0.15) is 5.75 Å². The molecular formula is C15H14ClNO4S. The second kappa shape index (κ2) is 7.29. The molecule has 1 N–H and O–H groups in total. The summed E-state index contributed by atoms with van der Waals surface area (Å²) in [6.45, 7) is 1.50. The van der Waals surface area contributed by atoms with Gasteiger partial charge in [0.15, 0.2) is 6.10 Å². The molecule has 0 aliphatic carbocycles. The van der Waals surface area contributed by atoms with Crippen molar-refractivity contribution in [2.24, 2.45) is 0 Å². The van der Waals surface area contributed by atoms with Gasteiger partial charge in [-0.15, -0.1) is 0 Å². The molecule has 22 heavy (non-hydrogen) atoms. The zero-order chi connectivity index (χ0) is 16.1. The normalized spacial score (nSPS) is 11.6. The van der Waals surface area contributed by atoms with E-state index in [1.54, 1.807) is 35.0 Å². The van der Waals surface area contributed by atoms with Crippen molar-refractivity contribution in [2.45, 2.75) is 13.0 Å². The maximum atomic E-state index is 12.0. The number of methoxy groups -OCH3 is 1. The third kappa shape index (κ3) is 3.99. The molecule has 5 nitrogen and oxygen atoms in total. The van der Waals surface area contributed by atoms with E-state index >= 15 is 0 Å². The molecule has 2 aromatic rings. The number of anilines is 1. The van der Waals surface area contributed by atoms with Crippen LogP contribution in [0.3, 0.4) is 0 Å². The first kappa shape index (κ1) is 16.3. The Balaban J connectivity index is 1.96. The molecule has 0 radical (unpaired) electrons. The Hall–Kier alpha value is -2.05. The van der Waals surface area contributed by atoms with E-state index in [-0.39, 0.29) is 0 Å². The first-order valence-electron chi connectivity index (χ1n) is 6.39. The van der Waals surface area contributed by atoms with E-state index < -0.39 is 18.0 Å². The Morgan fingerprint density at radius 3 is 2.68 bits per heavy atom. The third-order valence-corrected chi connectivity index (χ3v) is 3.81. The van der Waals surface area contributed by atoms with E-state index in [9.17, 15) is 9.59 Å². The molecule has 0 saturated heterocycles. The van der Waals surface area contributed by atoms with Crippen LogP contribution in [0.25, 0.3) is 0 Å². The lowest BCUT2D eigenvalue weighted by Crippen LogP contribution is -2.29. The minimum Gasteiger partial charge on any atom is -0.495 e. The number of carbonyl (C=O) groups is 2. The summed E-state index contributed by atoms with van der Waals surface area (Å²) in [5.74, 6) is -0.460. The van der Waals surface area contributed by atoms with Crippen LogP contribution in [0.4, 0.5) is 5.69 Å². The number of hydrogen-bond acceptors (Lipinski definition) is 5. The predicted molar refractivity (Wildman–Crippen MR) is 85.8 cm³/mol. The minimum absolute atomic E-state index is 0.378. The standard InChI is InChI=1S/C15H14ClNO4S/c1-9(21-15(19)10-5-6-22-8-10)14(18)17-11-3-4-13(20-2)12(16)7-11/h3-9H,1-2H3,(H,17,18)/t9-/m0/s1. The highest BCUT2D eigenvalue weighted by atomic mass is 35.5. The van der Waals surface area contributed by atoms with E-state index in [1.165, 1.54) is 25.4 Å². The van der Waals surface area contributed by atoms with Crippen LogP contribution in [0.2, 0.25) is 5.02 Å². The second-order valence-corrected chi connectivity index (χ2v) is 5.59. The van der Waals surface area contributed by atoms with Crippen LogP contribution in [0.15, 0.2) is 35.0 Å². The van der Waals surface area contributed by atoms with Gasteiger partial charge in [-0.05, 0) is 36.6 Å². The molecule has 2 rings (SSSR count). The predicted octanol–water partition coefficient (Wildman–Crippen LogP) is 3.59. The van der Waals surface area contributed by atoms with Crippen molar-refractivity contribution in [2.75, 3.05) is 12.4 Å². The van der Waals surface area contributed by atoms with Crippen LogP contribution < -0.4 is 10.1 Å². The average molecular weight is 340 g/mol. The van der Waals surface area contributed by atoms with Crippen molar-refractivity contribution in [3.63, 3.8) is 0 Å². The number of benzene rings is 1. The van der Waals surface area contributed by atoms with Crippen molar-refractivity contribution in [3.05, 3.63) is 45.6 Å². The van der Waals surface area contributed by atoms with E-state index in [2.05, 4.69) is 5.32 Å². The molecule has 0 unspecified atom stereocenters. The number of thiophene rings is 1. The fourth-order valence-electron chi connectivity index (χ4n) is 1.65. The van der Waals surface area contributed by atoms with Gasteiger partial charge < -0.3 is 14.8 Å². The summed E-state index contributed by atoms with van der Waals surface area (Å²) in [5, 5.41) is 6.44. The Morgan fingerprint density at radius 1 is 1.32 bits per heavy atom. The van der Waals surface area contributed by atoms with Gasteiger partial charge in [0.2, 0.25) is 0 Å². The first-order chi connectivity index (χ1) is 10.5. The zero-order valence-corrected chi connectivity index (χ0v) is 13.5. The number of hydrogen-bond donors (Lipinski definition) is 1. The summed E-state index contributed by atoms with van der Waals surface area (Å²) in [4.78, 5) is 23.8. The van der Waals surface area contributed by atoms with Gasteiger partial charge in [0.05, 0.1) is 17.7 Å². The van der Waals surface area contributed by atoms with E-state index in [0.29, 0.717) is 22.0 Å². The molecule has 0 saturated carbocycles. The maximum absolute atomic E-state index is 12.0. The first-order valence-corrected chi connectivity index (χ1v) is 7.71. The summed E-state index contributed by atoms with van der Waals surface area (Å²) in [5.41, 5.74) is 0.923. The fraction of sp³-hybridized carbons (Fsp3) is 0.200. The minimum atomic E-state index is -0.923. The smallest absolute Gasteiger partial charge is 0.339 e. The topological polar surface area (TPSA) is 64.6 Å². The molecule has 0 bridgehead atoms. The third-order valence-electron chi connectivity index (χ3n) is 2.83. The summed E-state index contributed by atoms with van der Waals surface area (Å²) >= 11 is 7.37. The number of amides is 1. The van der Waals surface area contributed by atoms with Crippen LogP contribution in [-0.4, -0.2) is 25.1 Å². The highest BCUT2D eigenvalue weighted by Gasteiger charge is 2.19. The van der Waals surface area contributed by atoms with Crippen molar-refractivity contribution in [1.82, 2.24) is 0 Å². The Bertz CT molecular complexity index is 672. The molecule has 1 aromatic heterocycles. The summed E-state index contributed by atoms with van der Waals surface area (Å²) in [7, 11) is 1.51. The number of esters is 1. The van der Waals surface area contributed by atoms with Gasteiger partial charge >= 0.3 is 5.97 Å². The fourth-order valence-corrected chi connectivity index (χ4v) is 2.53. The molecule has 1 aromatic carbocycles. The van der Waals surface area contributed by atoms with Crippen molar-refractivity contribution in [3.8, 4) is 5.75 Å². The van der Waals surface area contributed by atoms with Crippen molar-refractivity contribution < 1.29 is 19.1 Å². The molecular weight excluding hydrogens is 326 g/mol. The zero-order valence-electron chi connectivity index (χ0n) is 12.0. The Labute approximate surface area is 136 Å². The van der Waals surface area contributed by atoms with Crippen LogP contribution in [0.1, 0.15) is 17.3 Å². The molecule has 1 heterocycles. The van der Waals surface area contributed by atoms with E-state index in [0.717, 1.165) is 0 Å². The summed E-state index contributed by atoms with van der Waals surface area (Å²) in [6.07, 6.45) is -0.923. The Morgan fingerprint density at radius 2 is 2.09 bits per heavy atom. The lowest BCUT2D eigenvalue weighted by atomic mass is 10.2. The number of carbonyl (C=O) groups excluding carboxylic acids is 2. The van der Waals surface area contributed by atoms with Crippen LogP contribution in [0.5, 0.6) is 5.75 Å². The molecule has 1 atom stereocenters. The van der Waals surface area contributed by atoms with Gasteiger partial charge in [-0.2, -0.15) is 11.3 Å². The number of nitrogens with one attached hydrogen (secondary N) is 1. The average Bonchev–Trinajstić information content (AvgIpc) is 3.01. The lowest BCUT2D eigenvalue weighted by Gasteiger charge is -2.13. The quantitative estimate of drug-likeness (QED) is 0.845. The highest BCUT2D eigenvalue weighted by Crippen LogP contribution is 2.27. The molecule has 0 aliphatic rings. The summed E-state index contributed by atoms with van der Waals surface area (Å²) < 4.78 is 10.1. The Kier molecular flexibility index (Phi) is 5.41. The van der Waals surface area contributed by atoms with Gasteiger partial charge in [0.25, 0.3) is 5.91 Å². The lowest BCUT2D eigenvalue weighted by molar-refractivity contribution is -0.123. The van der Waals surface area contributed by atoms with Gasteiger partial charge in [0, 0.05) is 11.1 Å². The molecule has 1 amide bonds. The number of ether oxygens (including phenoxy) is 2. The summed E-state index contributed by atoms with van der Waals surface area (Å²) in [6, 6.07) is 6.49. The van der Waals surface area contributed by atoms with Crippen LogP contribution in [0, 0.1) is 0 Å². The molecule has 0 aliphatic heterocycles. The van der Waals surface area contributed by atoms with E-state index in [4.69, 9.17) is 21.1 Å². The largest absolute Gasteiger partial charge is 0.495 e. The van der Waals surface area contributed by atoms with Crippen LogP contribution in [-0.2, 0) is 9.53 Å². The van der Waals surface area contributed by atoms with Crippen molar-refractivity contribution >= 4 is 40.5 Å². The SMILES string of the molecule is COc1ccc(NC(=O)[C@H](C)OC(=O)c2ccsc2)cc1Cl. The second-order valence-electron chi connectivity index (χ2n) is 4.40. The molecule has 0 fully saturated rings. The highest BCUT2D eigenvalue weighted by molar-refractivity contribution is 7.08.